The molecule has 1 aliphatic carbocycles. The number of nitrogens with one attached hydrogen (secondary N) is 1. The van der Waals surface area contributed by atoms with Crippen LogP contribution in [0, 0.1) is 11.8 Å². The van der Waals surface area contributed by atoms with Crippen molar-refractivity contribution in [2.45, 2.75) is 58.4 Å². The minimum absolute atomic E-state index is 0.0920. The number of carboxylic acid groups (broad SMARTS) is 1. The second kappa shape index (κ2) is 12.3. The van der Waals surface area contributed by atoms with E-state index in [4.69, 9.17) is 4.98 Å². The molecule has 1 aromatic heterocycles. The Labute approximate surface area is 234 Å². The zero-order chi connectivity index (χ0) is 28.1. The fraction of sp³-hybridized carbons (Fsp3) is 0.333. The largest absolute Gasteiger partial charge is 0.478 e. The maximum absolute atomic E-state index is 13.1. The zero-order valence-electron chi connectivity index (χ0n) is 22.8. The minimum Gasteiger partial charge on any atom is -0.478 e. The Morgan fingerprint density at radius 2 is 1.82 bits per heavy atom. The maximum atomic E-state index is 13.1. The van der Waals surface area contributed by atoms with E-state index in [2.05, 4.69) is 16.8 Å². The van der Waals surface area contributed by atoms with Crippen molar-refractivity contribution in [2.24, 2.45) is 11.8 Å². The van der Waals surface area contributed by atoms with Crippen molar-refractivity contribution in [1.82, 2.24) is 9.55 Å². The van der Waals surface area contributed by atoms with E-state index in [0.29, 0.717) is 17.8 Å². The number of carbonyl (C=O) groups is 3. The van der Waals surface area contributed by atoms with Gasteiger partial charge in [-0.2, -0.15) is 0 Å². The molecule has 2 atom stereocenters. The molecule has 0 radical (unpaired) electrons. The summed E-state index contributed by atoms with van der Waals surface area (Å²) in [4.78, 5) is 41.2. The first-order valence-electron chi connectivity index (χ1n) is 14.2. The Hall–Kier alpha value is -4.26. The topological polar surface area (TPSA) is 101 Å². The molecule has 0 aliphatic heterocycles. The van der Waals surface area contributed by atoms with Gasteiger partial charge in [-0.05, 0) is 60.2 Å². The number of anilines is 1. The highest BCUT2D eigenvalue weighted by molar-refractivity contribution is 5.96. The molecule has 1 heterocycles. The van der Waals surface area contributed by atoms with E-state index >= 15 is 0 Å². The average molecular weight is 538 g/mol. The van der Waals surface area contributed by atoms with E-state index in [1.54, 1.807) is 12.1 Å². The molecule has 2 N–H and O–H groups in total. The van der Waals surface area contributed by atoms with E-state index in [9.17, 15) is 19.5 Å². The van der Waals surface area contributed by atoms with Crippen LogP contribution in [0.4, 0.5) is 5.69 Å². The van der Waals surface area contributed by atoms with Crippen LogP contribution < -0.4 is 5.32 Å². The Bertz CT molecular complexity index is 1520. The van der Waals surface area contributed by atoms with Crippen molar-refractivity contribution in [3.63, 3.8) is 0 Å². The smallest absolute Gasteiger partial charge is 0.336 e. The van der Waals surface area contributed by atoms with Crippen LogP contribution in [0.1, 0.15) is 67.2 Å². The lowest BCUT2D eigenvalue weighted by molar-refractivity contribution is -0.126. The lowest BCUT2D eigenvalue weighted by atomic mass is 9.79. The number of aldehydes is 1. The number of unbranched alkanes of at least 4 members (excludes halogenated alkanes) is 1. The molecule has 40 heavy (non-hydrogen) atoms. The van der Waals surface area contributed by atoms with Crippen LogP contribution in [0.5, 0.6) is 0 Å². The van der Waals surface area contributed by atoms with Crippen molar-refractivity contribution < 1.29 is 19.5 Å². The van der Waals surface area contributed by atoms with Gasteiger partial charge in [0.05, 0.1) is 16.6 Å². The molecule has 1 amide bonds. The van der Waals surface area contributed by atoms with E-state index in [1.807, 2.05) is 54.6 Å². The molecule has 7 heteroatoms. The Morgan fingerprint density at radius 1 is 1.05 bits per heavy atom. The second-order valence-corrected chi connectivity index (χ2v) is 10.6. The highest BCUT2D eigenvalue weighted by Crippen LogP contribution is 2.31. The van der Waals surface area contributed by atoms with Gasteiger partial charge in [-0.25, -0.2) is 9.78 Å². The van der Waals surface area contributed by atoms with Gasteiger partial charge in [0.1, 0.15) is 12.1 Å². The normalized spacial score (nSPS) is 17.0. The first-order valence-corrected chi connectivity index (χ1v) is 14.2. The number of amides is 1. The molecule has 206 valence electrons. The predicted molar refractivity (Wildman–Crippen MR) is 156 cm³/mol. The quantitative estimate of drug-likeness (QED) is 0.218. The Morgan fingerprint density at radius 3 is 2.58 bits per heavy atom. The fourth-order valence-corrected chi connectivity index (χ4v) is 5.73. The van der Waals surface area contributed by atoms with Gasteiger partial charge in [-0.3, -0.25) is 4.79 Å². The number of aromatic nitrogens is 2. The third-order valence-electron chi connectivity index (χ3n) is 7.94. The predicted octanol–water partition coefficient (Wildman–Crippen LogP) is 6.74. The first-order chi connectivity index (χ1) is 19.5. The maximum Gasteiger partial charge on any atom is 0.336 e. The summed E-state index contributed by atoms with van der Waals surface area (Å²) < 4.78 is 2.20. The van der Waals surface area contributed by atoms with Crippen molar-refractivity contribution >= 4 is 34.9 Å². The molecule has 1 saturated carbocycles. The van der Waals surface area contributed by atoms with E-state index in [-0.39, 0.29) is 23.3 Å². The molecule has 0 unspecified atom stereocenters. The number of nitrogens with zero attached hydrogens (tertiary/aromatic N) is 2. The van der Waals surface area contributed by atoms with Crippen LogP contribution >= 0.6 is 0 Å². The molecule has 3 aromatic carbocycles. The zero-order valence-corrected chi connectivity index (χ0v) is 22.8. The van der Waals surface area contributed by atoms with Gasteiger partial charge < -0.3 is 19.8 Å². The number of aromatic carboxylic acids is 1. The van der Waals surface area contributed by atoms with Crippen molar-refractivity contribution in [1.29, 1.82) is 0 Å². The van der Waals surface area contributed by atoms with Gasteiger partial charge in [0.25, 0.3) is 0 Å². The average Bonchev–Trinajstić information content (AvgIpc) is 3.32. The highest BCUT2D eigenvalue weighted by Gasteiger charge is 2.30. The Kier molecular flexibility index (Phi) is 8.39. The number of aryl methyl sites for hydroxylation is 1. The fourth-order valence-electron chi connectivity index (χ4n) is 5.73. The summed E-state index contributed by atoms with van der Waals surface area (Å²) in [5.41, 5.74) is 5.41. The van der Waals surface area contributed by atoms with Crippen LogP contribution in [-0.2, 0) is 22.6 Å². The van der Waals surface area contributed by atoms with Gasteiger partial charge in [0.15, 0.2) is 0 Å². The molecule has 0 spiro atoms. The SMILES string of the molecule is CCCCc1nc2ccc(NC(=O)[C@@H]3CCCC[C@H]3C=O)cc2n1Cc1ccc(-c2ccccc2C(=O)O)cc1. The molecule has 4 aromatic rings. The summed E-state index contributed by atoms with van der Waals surface area (Å²) in [5, 5.41) is 12.6. The third kappa shape index (κ3) is 5.83. The van der Waals surface area contributed by atoms with Gasteiger partial charge >= 0.3 is 5.97 Å². The van der Waals surface area contributed by atoms with Gasteiger partial charge in [-0.15, -0.1) is 0 Å². The summed E-state index contributed by atoms with van der Waals surface area (Å²) in [6, 6.07) is 20.8. The summed E-state index contributed by atoms with van der Waals surface area (Å²) >= 11 is 0. The van der Waals surface area contributed by atoms with E-state index in [0.717, 1.165) is 79.2 Å². The highest BCUT2D eigenvalue weighted by atomic mass is 16.4. The number of benzene rings is 3. The minimum atomic E-state index is -0.946. The van der Waals surface area contributed by atoms with Crippen LogP contribution in [0.3, 0.4) is 0 Å². The number of carboxylic acids is 1. The molecular weight excluding hydrogens is 502 g/mol. The number of hydrogen-bond donors (Lipinski definition) is 2. The number of rotatable bonds is 10. The first kappa shape index (κ1) is 27.3. The number of imidazole rings is 1. The molecule has 7 nitrogen and oxygen atoms in total. The van der Waals surface area contributed by atoms with Gasteiger partial charge in [0.2, 0.25) is 5.91 Å². The molecular formula is C33H35N3O4. The van der Waals surface area contributed by atoms with Gasteiger partial charge in [-0.1, -0.05) is 68.7 Å². The monoisotopic (exact) mass is 537 g/mol. The second-order valence-electron chi connectivity index (χ2n) is 10.6. The van der Waals surface area contributed by atoms with Crippen molar-refractivity contribution in [3.8, 4) is 11.1 Å². The lowest BCUT2D eigenvalue weighted by Gasteiger charge is -2.26. The van der Waals surface area contributed by atoms with E-state index in [1.165, 1.54) is 0 Å². The summed E-state index contributed by atoms with van der Waals surface area (Å²) in [6.07, 6.45) is 7.33. The molecule has 0 saturated heterocycles. The van der Waals surface area contributed by atoms with Crippen LogP contribution in [0.2, 0.25) is 0 Å². The molecule has 5 rings (SSSR count). The van der Waals surface area contributed by atoms with Crippen molar-refractivity contribution in [2.75, 3.05) is 5.32 Å². The Balaban J connectivity index is 1.43. The summed E-state index contributed by atoms with van der Waals surface area (Å²) in [6.45, 7) is 2.76. The molecule has 1 aliphatic rings. The number of fused-ring (bicyclic) bond motifs is 1. The van der Waals surface area contributed by atoms with Crippen LogP contribution in [0.25, 0.3) is 22.2 Å². The molecule has 0 bridgehead atoms. The number of hydrogen-bond acceptors (Lipinski definition) is 4. The lowest BCUT2D eigenvalue weighted by Crippen LogP contribution is -2.32. The van der Waals surface area contributed by atoms with Gasteiger partial charge in [0, 0.05) is 30.5 Å². The van der Waals surface area contributed by atoms with Crippen LogP contribution in [0.15, 0.2) is 66.7 Å². The van der Waals surface area contributed by atoms with Crippen LogP contribution in [-0.4, -0.2) is 32.8 Å². The van der Waals surface area contributed by atoms with E-state index < -0.39 is 5.97 Å². The van der Waals surface area contributed by atoms with Crippen molar-refractivity contribution in [3.05, 3.63) is 83.7 Å². The summed E-state index contributed by atoms with van der Waals surface area (Å²) in [5.74, 6) is -0.538. The number of carbonyl (C=O) groups excluding carboxylic acids is 2. The third-order valence-corrected chi connectivity index (χ3v) is 7.94. The summed E-state index contributed by atoms with van der Waals surface area (Å²) in [7, 11) is 0. The standard InChI is InChI=1S/C33H35N3O4/c1-2-3-12-31-35-29-18-17-25(34-32(38)27-10-5-4-8-24(27)21-37)19-30(29)36(31)20-22-13-15-23(16-14-22)26-9-6-7-11-28(26)33(39)40/h6-7,9,11,13-19,21,24,27H,2-5,8,10,12,20H2,1H3,(H,34,38)(H,39,40)/t24-,27+/m0/s1. The molecule has 1 fully saturated rings.